The number of amides is 6. The molecule has 5 heterocycles. The van der Waals surface area contributed by atoms with Crippen LogP contribution < -0.4 is 25.2 Å². The van der Waals surface area contributed by atoms with E-state index in [1.54, 1.807) is 43.5 Å². The van der Waals surface area contributed by atoms with Crippen LogP contribution in [-0.2, 0) is 41.7 Å². The Morgan fingerprint density at radius 3 is 2.49 bits per heavy atom. The normalized spacial score (nSPS) is 20.1. The van der Waals surface area contributed by atoms with E-state index in [1.165, 1.54) is 16.7 Å². The number of Topliss-reactive ketones (excluding diaryl/α,β-unsaturated/α-hetero) is 1. The minimum Gasteiger partial charge on any atom is -0.496 e. The lowest BCUT2D eigenvalue weighted by Crippen LogP contribution is -2.55. The second kappa shape index (κ2) is 21.4. The van der Waals surface area contributed by atoms with E-state index in [0.717, 1.165) is 68.7 Å². The van der Waals surface area contributed by atoms with E-state index < -0.39 is 17.9 Å². The number of fused-ring (bicyclic) bond motifs is 2. The summed E-state index contributed by atoms with van der Waals surface area (Å²) in [5.74, 6) is 0.546. The van der Waals surface area contributed by atoms with E-state index in [1.807, 2.05) is 18.2 Å². The predicted octanol–water partition coefficient (Wildman–Crippen LogP) is 4.13. The lowest BCUT2D eigenvalue weighted by molar-refractivity contribution is -0.137. The van der Waals surface area contributed by atoms with Gasteiger partial charge in [-0.2, -0.15) is 0 Å². The van der Waals surface area contributed by atoms with Crippen LogP contribution in [0.5, 0.6) is 5.75 Å². The van der Waals surface area contributed by atoms with Gasteiger partial charge in [0.1, 0.15) is 29.3 Å². The van der Waals surface area contributed by atoms with Crippen molar-refractivity contribution in [3.8, 4) is 5.75 Å². The number of imide groups is 1. The third kappa shape index (κ3) is 10.6. The molecule has 18 heteroatoms. The van der Waals surface area contributed by atoms with Crippen molar-refractivity contribution in [1.82, 2.24) is 30.0 Å². The van der Waals surface area contributed by atoms with E-state index in [-0.39, 0.29) is 86.5 Å². The van der Waals surface area contributed by atoms with Crippen molar-refractivity contribution in [3.63, 3.8) is 0 Å². The molecule has 1 saturated carbocycles. The highest BCUT2D eigenvalue weighted by atomic mass is 16.5. The van der Waals surface area contributed by atoms with Gasteiger partial charge >= 0.3 is 0 Å². The quantitative estimate of drug-likeness (QED) is 0.105. The number of aromatic nitrogens is 2. The molecule has 2 N–H and O–H groups in total. The van der Waals surface area contributed by atoms with E-state index in [0.29, 0.717) is 66.4 Å². The molecule has 0 bridgehead atoms. The van der Waals surface area contributed by atoms with Crippen LogP contribution in [0.2, 0.25) is 0 Å². The Bertz CT molecular complexity index is 2430. The van der Waals surface area contributed by atoms with Crippen molar-refractivity contribution >= 4 is 58.4 Å². The Morgan fingerprint density at radius 1 is 0.985 bits per heavy atom. The smallest absolute Gasteiger partial charge is 0.255 e. The van der Waals surface area contributed by atoms with Gasteiger partial charge in [0, 0.05) is 86.9 Å². The molecule has 6 amide bonds. The largest absolute Gasteiger partial charge is 0.496 e. The monoisotopic (exact) mass is 933 g/mol. The third-order valence-corrected chi connectivity index (χ3v) is 14.3. The van der Waals surface area contributed by atoms with Gasteiger partial charge in [0.15, 0.2) is 11.6 Å². The summed E-state index contributed by atoms with van der Waals surface area (Å²) in [5.41, 5.74) is 3.61. The van der Waals surface area contributed by atoms with Gasteiger partial charge in [0.2, 0.25) is 29.5 Å². The standard InChI is InChI=1S/C50H63N9O9/c1-5-39-50(66)55(3)41-28-51-44(53-47(41)59(39)35-9-6-7-10-35)27-34-14-13-33(26-43(34)67-4)42(61)25-32-17-19-56(20-18-32)21-23-68-24-22-57(31(2)60)30-46(63)52-38-12-8-11-36-37(38)29-58(49(36)65)40-15-16-45(62)54-48(40)64/h8,11-14,26,28,32,35,39-40H,5-7,9-10,15-25,27,29-30H2,1-4H3,(H,52,63)(H,54,62,64)/t39-,40?/m1/s1. The fraction of sp³-hybridized carbons (Fsp3) is 0.540. The van der Waals surface area contributed by atoms with Crippen LogP contribution in [0.4, 0.5) is 17.2 Å². The lowest BCUT2D eigenvalue weighted by atomic mass is 9.89. The molecule has 68 heavy (non-hydrogen) atoms. The van der Waals surface area contributed by atoms with Crippen LogP contribution in [0, 0.1) is 5.92 Å². The number of carbonyl (C=O) groups is 7. The molecule has 3 fully saturated rings. The number of nitrogens with zero attached hydrogens (tertiary/aromatic N) is 7. The number of hydrogen-bond acceptors (Lipinski definition) is 13. The van der Waals surface area contributed by atoms with Gasteiger partial charge in [-0.05, 0) is 75.7 Å². The first kappa shape index (κ1) is 48.2. The average molecular weight is 934 g/mol. The molecule has 2 saturated heterocycles. The predicted molar refractivity (Wildman–Crippen MR) is 252 cm³/mol. The number of benzene rings is 2. The zero-order chi connectivity index (χ0) is 48.1. The number of ketones is 1. The van der Waals surface area contributed by atoms with Crippen molar-refractivity contribution in [2.75, 3.05) is 75.2 Å². The van der Waals surface area contributed by atoms with Crippen LogP contribution in [0.1, 0.15) is 116 Å². The molecule has 1 aliphatic carbocycles. The van der Waals surface area contributed by atoms with Gasteiger partial charge in [-0.1, -0.05) is 38.0 Å². The number of anilines is 3. The highest BCUT2D eigenvalue weighted by molar-refractivity contribution is 6.07. The van der Waals surface area contributed by atoms with Crippen molar-refractivity contribution in [3.05, 3.63) is 70.7 Å². The number of hydrogen-bond donors (Lipinski definition) is 2. The van der Waals surface area contributed by atoms with Crippen molar-refractivity contribution in [2.24, 2.45) is 5.92 Å². The Kier molecular flexibility index (Phi) is 15.1. The second-order valence-corrected chi connectivity index (χ2v) is 18.6. The van der Waals surface area contributed by atoms with E-state index in [9.17, 15) is 33.6 Å². The molecule has 2 aromatic carbocycles. The lowest BCUT2D eigenvalue weighted by Gasteiger charge is -2.43. The molecule has 5 aliphatic rings. The van der Waals surface area contributed by atoms with Crippen LogP contribution in [0.3, 0.4) is 0 Å². The van der Waals surface area contributed by atoms with Gasteiger partial charge in [-0.25, -0.2) is 9.97 Å². The summed E-state index contributed by atoms with van der Waals surface area (Å²) >= 11 is 0. The minimum atomic E-state index is -0.773. The number of likely N-dealkylation sites (tertiary alicyclic amines) is 1. The first-order valence-corrected chi connectivity index (χ1v) is 24.1. The number of piperidine rings is 2. The topological polar surface area (TPSA) is 204 Å². The summed E-state index contributed by atoms with van der Waals surface area (Å²) in [5, 5.41) is 5.13. The molecule has 362 valence electrons. The Balaban J connectivity index is 0.762. The van der Waals surface area contributed by atoms with E-state index in [4.69, 9.17) is 14.5 Å². The summed E-state index contributed by atoms with van der Waals surface area (Å²) in [7, 11) is 3.41. The molecule has 2 atom stereocenters. The number of methoxy groups -OCH3 is 1. The maximum atomic E-state index is 13.6. The minimum absolute atomic E-state index is 0.0788. The highest BCUT2D eigenvalue weighted by Gasteiger charge is 2.42. The molecule has 4 aliphatic heterocycles. The molecular formula is C50H63N9O9. The number of ether oxygens (including phenoxy) is 2. The third-order valence-electron chi connectivity index (χ3n) is 14.3. The summed E-state index contributed by atoms with van der Waals surface area (Å²) < 4.78 is 11.7. The maximum Gasteiger partial charge on any atom is 0.255 e. The van der Waals surface area contributed by atoms with Gasteiger partial charge in [-0.15, -0.1) is 0 Å². The number of nitrogens with one attached hydrogen (secondary N) is 2. The average Bonchev–Trinajstić information content (AvgIpc) is 3.98. The van der Waals surface area contributed by atoms with E-state index >= 15 is 0 Å². The maximum absolute atomic E-state index is 13.6. The van der Waals surface area contributed by atoms with Crippen molar-refractivity contribution < 1.29 is 43.0 Å². The Labute approximate surface area is 397 Å². The summed E-state index contributed by atoms with van der Waals surface area (Å²) in [6, 6.07) is 9.86. The molecule has 1 unspecified atom stereocenters. The first-order chi connectivity index (χ1) is 32.8. The van der Waals surface area contributed by atoms with Gasteiger partial charge in [0.05, 0.1) is 33.1 Å². The zero-order valence-corrected chi connectivity index (χ0v) is 39.6. The fourth-order valence-electron chi connectivity index (χ4n) is 10.4. The molecule has 0 radical (unpaired) electrons. The number of likely N-dealkylation sites (N-methyl/N-ethyl adjacent to an activating group) is 1. The molecular weight excluding hydrogens is 871 g/mol. The van der Waals surface area contributed by atoms with Crippen LogP contribution in [0.15, 0.2) is 42.6 Å². The first-order valence-electron chi connectivity index (χ1n) is 24.1. The van der Waals surface area contributed by atoms with Gasteiger partial charge in [-0.3, -0.25) is 38.9 Å². The Morgan fingerprint density at radius 2 is 1.76 bits per heavy atom. The van der Waals surface area contributed by atoms with Crippen LogP contribution in [0.25, 0.3) is 0 Å². The van der Waals surface area contributed by atoms with Crippen molar-refractivity contribution in [2.45, 2.75) is 109 Å². The summed E-state index contributed by atoms with van der Waals surface area (Å²) in [4.78, 5) is 109. The van der Waals surface area contributed by atoms with Gasteiger partial charge < -0.3 is 39.3 Å². The van der Waals surface area contributed by atoms with Gasteiger partial charge in [0.25, 0.3) is 5.91 Å². The number of carbonyl (C=O) groups excluding carboxylic acids is 7. The zero-order valence-electron chi connectivity index (χ0n) is 39.6. The molecule has 1 aromatic heterocycles. The van der Waals surface area contributed by atoms with Crippen LogP contribution >= 0.6 is 0 Å². The Hall–Kier alpha value is -6.27. The molecule has 3 aromatic rings. The summed E-state index contributed by atoms with van der Waals surface area (Å²) in [6.45, 7) is 6.65. The van der Waals surface area contributed by atoms with Crippen molar-refractivity contribution in [1.29, 1.82) is 0 Å². The SMILES string of the molecule is CC[C@@H]1C(=O)N(C)c2cnc(Cc3ccc(C(=O)CC4CCN(CCOCCN(CC(=O)Nc5cccc6c5CN(C5CCC(=O)NC5=O)C6=O)C(C)=O)CC4)cc3OC)nc2N1C1CCCC1. The summed E-state index contributed by atoms with van der Waals surface area (Å²) in [6.07, 6.45) is 9.87. The highest BCUT2D eigenvalue weighted by Crippen LogP contribution is 2.40. The van der Waals surface area contributed by atoms with E-state index in [2.05, 4.69) is 32.3 Å². The molecule has 8 rings (SSSR count). The number of rotatable bonds is 18. The van der Waals surface area contributed by atoms with Crippen LogP contribution in [-0.4, -0.2) is 144 Å². The molecule has 18 nitrogen and oxygen atoms in total. The fourth-order valence-corrected chi connectivity index (χ4v) is 10.4. The molecule has 0 spiro atoms. The second-order valence-electron chi connectivity index (χ2n) is 18.6.